The molecular formula is C20H24OSi. The van der Waals surface area contributed by atoms with Gasteiger partial charge in [0.1, 0.15) is 8.07 Å². The van der Waals surface area contributed by atoms with E-state index in [4.69, 9.17) is 4.74 Å². The maximum Gasteiger partial charge on any atom is 0.132 e. The molecule has 0 aromatic heterocycles. The van der Waals surface area contributed by atoms with Gasteiger partial charge in [0.25, 0.3) is 0 Å². The van der Waals surface area contributed by atoms with Crippen LogP contribution in [0.3, 0.4) is 0 Å². The summed E-state index contributed by atoms with van der Waals surface area (Å²) >= 11 is 0. The molecule has 0 aliphatic heterocycles. The second kappa shape index (κ2) is 8.58. The van der Waals surface area contributed by atoms with Gasteiger partial charge in [-0.05, 0) is 30.2 Å². The van der Waals surface area contributed by atoms with Crippen molar-refractivity contribution in [3.63, 3.8) is 0 Å². The molecule has 0 aliphatic rings. The molecule has 22 heavy (non-hydrogen) atoms. The van der Waals surface area contributed by atoms with Crippen molar-refractivity contribution in [3.8, 4) is 11.5 Å². The molecule has 0 unspecified atom stereocenters. The second-order valence-corrected chi connectivity index (χ2v) is 10.7. The van der Waals surface area contributed by atoms with Crippen molar-refractivity contribution in [1.29, 1.82) is 0 Å². The average Bonchev–Trinajstić information content (AvgIpc) is 2.55. The zero-order valence-corrected chi connectivity index (χ0v) is 14.5. The third kappa shape index (κ3) is 6.30. The van der Waals surface area contributed by atoms with Crippen LogP contribution in [-0.2, 0) is 11.3 Å². The fourth-order valence-electron chi connectivity index (χ4n) is 2.21. The molecule has 0 saturated heterocycles. The largest absolute Gasteiger partial charge is 0.377 e. The van der Waals surface area contributed by atoms with Gasteiger partial charge in [-0.2, -0.15) is 0 Å². The van der Waals surface area contributed by atoms with Gasteiger partial charge >= 0.3 is 0 Å². The molecule has 1 nitrogen and oxygen atoms in total. The molecule has 2 heteroatoms. The van der Waals surface area contributed by atoms with E-state index in [2.05, 4.69) is 48.8 Å². The van der Waals surface area contributed by atoms with Gasteiger partial charge in [0.15, 0.2) is 0 Å². The molecule has 2 rings (SSSR count). The van der Waals surface area contributed by atoms with Crippen LogP contribution in [0.15, 0.2) is 60.7 Å². The predicted molar refractivity (Wildman–Crippen MR) is 96.3 cm³/mol. The first-order valence-corrected chi connectivity index (χ1v) is 11.1. The summed E-state index contributed by atoms with van der Waals surface area (Å²) in [6.45, 7) is 6.19. The van der Waals surface area contributed by atoms with Gasteiger partial charge in [0.05, 0.1) is 6.61 Å². The molecule has 2 aromatic carbocycles. The van der Waals surface area contributed by atoms with E-state index in [0.29, 0.717) is 6.61 Å². The monoisotopic (exact) mass is 308 g/mol. The van der Waals surface area contributed by atoms with Crippen molar-refractivity contribution in [2.45, 2.75) is 32.2 Å². The quantitative estimate of drug-likeness (QED) is 0.419. The molecule has 0 N–H and O–H groups in total. The van der Waals surface area contributed by atoms with Crippen LogP contribution in [0, 0.1) is 11.5 Å². The molecule has 2 aromatic rings. The van der Waals surface area contributed by atoms with E-state index < -0.39 is 8.07 Å². The van der Waals surface area contributed by atoms with Crippen molar-refractivity contribution >= 4 is 8.07 Å². The Hall–Kier alpha value is -1.82. The van der Waals surface area contributed by atoms with Gasteiger partial charge in [0, 0.05) is 12.2 Å². The molecule has 0 aliphatic carbocycles. The average molecular weight is 308 g/mol. The summed E-state index contributed by atoms with van der Waals surface area (Å²) in [5.41, 5.74) is 5.87. The fourth-order valence-corrected chi connectivity index (χ4v) is 3.84. The molecule has 0 saturated carbocycles. The van der Waals surface area contributed by atoms with Crippen LogP contribution in [0.2, 0.25) is 19.1 Å². The molecular weight excluding hydrogens is 284 g/mol. The van der Waals surface area contributed by atoms with Crippen molar-refractivity contribution in [2.75, 3.05) is 6.61 Å². The minimum atomic E-state index is -1.46. The highest BCUT2D eigenvalue weighted by Crippen LogP contribution is 2.12. The Kier molecular flexibility index (Phi) is 6.45. The highest BCUT2D eigenvalue weighted by molar-refractivity contribution is 6.85. The normalized spacial score (nSPS) is 10.8. The summed E-state index contributed by atoms with van der Waals surface area (Å²) < 4.78 is 5.75. The lowest BCUT2D eigenvalue weighted by atomic mass is 10.2. The number of rotatable bonds is 6. The lowest BCUT2D eigenvalue weighted by Gasteiger charge is -2.14. The van der Waals surface area contributed by atoms with Crippen LogP contribution in [-0.4, -0.2) is 14.7 Å². The number of hydrogen-bond acceptors (Lipinski definition) is 1. The van der Waals surface area contributed by atoms with Crippen LogP contribution in [0.1, 0.15) is 17.5 Å². The van der Waals surface area contributed by atoms with E-state index in [9.17, 15) is 0 Å². The molecule has 0 radical (unpaired) electrons. The van der Waals surface area contributed by atoms with Gasteiger partial charge in [0.2, 0.25) is 0 Å². The Morgan fingerprint density at radius 1 is 0.909 bits per heavy atom. The molecule has 0 amide bonds. The summed E-state index contributed by atoms with van der Waals surface area (Å²) in [7, 11) is -1.46. The third-order valence-corrected chi connectivity index (χ3v) is 5.93. The zero-order chi connectivity index (χ0) is 15.7. The number of ether oxygens (including phenoxy) is 1. The maximum atomic E-state index is 5.75. The lowest BCUT2D eigenvalue weighted by molar-refractivity contribution is 0.121. The van der Waals surface area contributed by atoms with Gasteiger partial charge in [-0.3, -0.25) is 0 Å². The third-order valence-electron chi connectivity index (χ3n) is 3.52. The standard InChI is InChI=1S/C20H24OSi/c1-22(2,17-14-19-10-5-3-6-11-19)16-9-15-21-18-20-12-7-4-8-13-20/h3-8,10-13H,9,15-16,18H2,1-2H3. The summed E-state index contributed by atoms with van der Waals surface area (Å²) in [6.07, 6.45) is 1.09. The Balaban J connectivity index is 1.70. The summed E-state index contributed by atoms with van der Waals surface area (Å²) in [5.74, 6) is 3.32. The topological polar surface area (TPSA) is 9.23 Å². The first-order valence-electron chi connectivity index (χ1n) is 7.86. The Labute approximate surface area is 135 Å². The SMILES string of the molecule is C[Si](C)(C#Cc1ccccc1)CCCOCc1ccccc1. The predicted octanol–water partition coefficient (Wildman–Crippen LogP) is 4.89. The van der Waals surface area contributed by atoms with Crippen LogP contribution >= 0.6 is 0 Å². The highest BCUT2D eigenvalue weighted by Gasteiger charge is 2.17. The Morgan fingerprint density at radius 3 is 2.23 bits per heavy atom. The molecule has 0 atom stereocenters. The van der Waals surface area contributed by atoms with Gasteiger partial charge < -0.3 is 4.74 Å². The molecule has 0 heterocycles. The number of benzene rings is 2. The minimum Gasteiger partial charge on any atom is -0.377 e. The van der Waals surface area contributed by atoms with E-state index >= 15 is 0 Å². The molecule has 0 fully saturated rings. The fraction of sp³-hybridized carbons (Fsp3) is 0.300. The van der Waals surface area contributed by atoms with Gasteiger partial charge in [-0.15, -0.1) is 5.54 Å². The number of hydrogen-bond donors (Lipinski definition) is 0. The molecule has 0 bridgehead atoms. The zero-order valence-electron chi connectivity index (χ0n) is 13.5. The highest BCUT2D eigenvalue weighted by atomic mass is 28.3. The smallest absolute Gasteiger partial charge is 0.132 e. The summed E-state index contributed by atoms with van der Waals surface area (Å²) in [5, 5.41) is 0. The van der Waals surface area contributed by atoms with Crippen LogP contribution in [0.5, 0.6) is 0 Å². The van der Waals surface area contributed by atoms with Gasteiger partial charge in [-0.25, -0.2) is 0 Å². The van der Waals surface area contributed by atoms with Crippen LogP contribution in [0.25, 0.3) is 0 Å². The van der Waals surface area contributed by atoms with Gasteiger partial charge in [-0.1, -0.05) is 67.5 Å². The van der Waals surface area contributed by atoms with Crippen LogP contribution in [0.4, 0.5) is 0 Å². The first-order chi connectivity index (χ1) is 10.7. The van der Waals surface area contributed by atoms with Crippen molar-refractivity contribution < 1.29 is 4.74 Å². The Morgan fingerprint density at radius 2 is 1.55 bits per heavy atom. The van der Waals surface area contributed by atoms with Crippen LogP contribution < -0.4 is 0 Å². The Bertz CT molecular complexity index is 608. The van der Waals surface area contributed by atoms with Crippen molar-refractivity contribution in [1.82, 2.24) is 0 Å². The maximum absolute atomic E-state index is 5.75. The van der Waals surface area contributed by atoms with E-state index in [1.165, 1.54) is 11.6 Å². The molecule has 0 spiro atoms. The van der Waals surface area contributed by atoms with Crippen molar-refractivity contribution in [2.24, 2.45) is 0 Å². The van der Waals surface area contributed by atoms with E-state index in [0.717, 1.165) is 18.6 Å². The van der Waals surface area contributed by atoms with E-state index in [1.807, 2.05) is 36.4 Å². The molecule has 114 valence electrons. The second-order valence-electron chi connectivity index (χ2n) is 6.14. The summed E-state index contributed by atoms with van der Waals surface area (Å²) in [4.78, 5) is 0. The lowest BCUT2D eigenvalue weighted by Crippen LogP contribution is -2.23. The first kappa shape index (κ1) is 16.5. The van der Waals surface area contributed by atoms with Crippen molar-refractivity contribution in [3.05, 3.63) is 71.8 Å². The van der Waals surface area contributed by atoms with E-state index in [-0.39, 0.29) is 0 Å². The van der Waals surface area contributed by atoms with E-state index in [1.54, 1.807) is 0 Å². The summed E-state index contributed by atoms with van der Waals surface area (Å²) in [6, 6.07) is 21.8. The minimum absolute atomic E-state index is 0.707.